The number of hydrogen-bond acceptors (Lipinski definition) is 1. The Bertz CT molecular complexity index is 415. The monoisotopic (exact) mass is 278 g/mol. The number of unbranched alkanes of at least 4 members (excludes halogenated alkanes) is 1. The van der Waals surface area contributed by atoms with Gasteiger partial charge in [-0.3, -0.25) is 4.79 Å². The number of halogens is 4. The molecular weight excluding hydrogens is 265 g/mol. The smallest absolute Gasteiger partial charge is 0.281 e. The summed E-state index contributed by atoms with van der Waals surface area (Å²) < 4.78 is 38.5. The minimum atomic E-state index is -4.46. The van der Waals surface area contributed by atoms with E-state index >= 15 is 0 Å². The van der Waals surface area contributed by atoms with Crippen molar-refractivity contribution in [3.63, 3.8) is 0 Å². The summed E-state index contributed by atoms with van der Waals surface area (Å²) in [4.78, 5) is 11.3. The van der Waals surface area contributed by atoms with Gasteiger partial charge >= 0.3 is 6.18 Å². The fourth-order valence-corrected chi connectivity index (χ4v) is 2.09. The van der Waals surface area contributed by atoms with E-state index in [1.807, 2.05) is 6.92 Å². The van der Waals surface area contributed by atoms with Crippen molar-refractivity contribution in [2.24, 2.45) is 0 Å². The van der Waals surface area contributed by atoms with Gasteiger partial charge in [-0.25, -0.2) is 0 Å². The van der Waals surface area contributed by atoms with Gasteiger partial charge in [0.1, 0.15) is 0 Å². The lowest BCUT2D eigenvalue weighted by Gasteiger charge is -2.18. The lowest BCUT2D eigenvalue weighted by atomic mass is 9.90. The van der Waals surface area contributed by atoms with E-state index in [4.69, 9.17) is 11.6 Å². The average Bonchev–Trinajstić information content (AvgIpc) is 2.28. The third kappa shape index (κ3) is 3.73. The largest absolute Gasteiger partial charge is 0.416 e. The molecule has 1 nitrogen and oxygen atoms in total. The molecule has 0 spiro atoms. The minimum Gasteiger partial charge on any atom is -0.281 e. The highest BCUT2D eigenvalue weighted by Crippen LogP contribution is 2.37. The molecule has 1 aromatic carbocycles. The van der Waals surface area contributed by atoms with Crippen LogP contribution in [0.25, 0.3) is 0 Å². The Labute approximate surface area is 109 Å². The highest BCUT2D eigenvalue weighted by molar-refractivity contribution is 6.64. The molecule has 0 aliphatic heterocycles. The summed E-state index contributed by atoms with van der Waals surface area (Å²) >= 11 is 5.43. The quantitative estimate of drug-likeness (QED) is 0.711. The number of benzene rings is 1. The second-order valence-corrected chi connectivity index (χ2v) is 4.46. The van der Waals surface area contributed by atoms with E-state index < -0.39 is 22.9 Å². The molecule has 1 atom stereocenters. The van der Waals surface area contributed by atoms with Crippen LogP contribution in [0, 0.1) is 0 Å². The Hall–Kier alpha value is -1.03. The van der Waals surface area contributed by atoms with Gasteiger partial charge in [-0.1, -0.05) is 38.0 Å². The van der Waals surface area contributed by atoms with Crippen LogP contribution in [0.5, 0.6) is 0 Å². The maximum atomic E-state index is 12.8. The molecule has 0 bridgehead atoms. The van der Waals surface area contributed by atoms with Crippen molar-refractivity contribution in [1.82, 2.24) is 0 Å². The van der Waals surface area contributed by atoms with Crippen LogP contribution in [0.1, 0.15) is 43.2 Å². The number of carbonyl (C=O) groups is 1. The summed E-state index contributed by atoms with van der Waals surface area (Å²) in [5.41, 5.74) is -0.807. The van der Waals surface area contributed by atoms with Gasteiger partial charge in [0.25, 0.3) is 0 Å². The van der Waals surface area contributed by atoms with Crippen molar-refractivity contribution in [2.45, 2.75) is 38.3 Å². The fourth-order valence-electron chi connectivity index (χ4n) is 1.86. The Morgan fingerprint density at radius 3 is 2.44 bits per heavy atom. The van der Waals surface area contributed by atoms with Crippen molar-refractivity contribution >= 4 is 16.8 Å². The zero-order valence-electron chi connectivity index (χ0n) is 9.93. The normalized spacial score (nSPS) is 13.4. The van der Waals surface area contributed by atoms with Crippen LogP contribution in [0.4, 0.5) is 13.2 Å². The van der Waals surface area contributed by atoms with Gasteiger partial charge in [-0.2, -0.15) is 13.2 Å². The first kappa shape index (κ1) is 15.0. The first-order valence-corrected chi connectivity index (χ1v) is 6.11. The van der Waals surface area contributed by atoms with Crippen LogP contribution in [-0.4, -0.2) is 5.24 Å². The lowest BCUT2D eigenvalue weighted by Crippen LogP contribution is -2.15. The Balaban J connectivity index is 3.16. The molecule has 0 N–H and O–H groups in total. The minimum absolute atomic E-state index is 0.0292. The molecule has 0 heterocycles. The third-order valence-corrected chi connectivity index (χ3v) is 3.03. The molecule has 0 aromatic heterocycles. The van der Waals surface area contributed by atoms with Crippen molar-refractivity contribution in [3.05, 3.63) is 35.4 Å². The number of hydrogen-bond donors (Lipinski definition) is 0. The molecule has 1 rings (SSSR count). The summed E-state index contributed by atoms with van der Waals surface area (Å²) in [7, 11) is 0. The number of alkyl halides is 3. The Morgan fingerprint density at radius 2 is 1.94 bits per heavy atom. The summed E-state index contributed by atoms with van der Waals surface area (Å²) in [6, 6.07) is 5.10. The molecule has 0 aliphatic carbocycles. The van der Waals surface area contributed by atoms with E-state index in [1.165, 1.54) is 18.2 Å². The van der Waals surface area contributed by atoms with Crippen LogP contribution in [0.2, 0.25) is 0 Å². The molecule has 1 unspecified atom stereocenters. The second-order valence-electron chi connectivity index (χ2n) is 4.08. The van der Waals surface area contributed by atoms with Gasteiger partial charge in [-0.05, 0) is 29.7 Å². The van der Waals surface area contributed by atoms with Gasteiger partial charge in [0.15, 0.2) is 0 Å². The molecule has 100 valence electrons. The van der Waals surface area contributed by atoms with Crippen LogP contribution in [0.3, 0.4) is 0 Å². The highest BCUT2D eigenvalue weighted by Gasteiger charge is 2.36. The van der Waals surface area contributed by atoms with E-state index in [0.717, 1.165) is 12.5 Å². The molecule has 5 heteroatoms. The summed E-state index contributed by atoms with van der Waals surface area (Å²) in [6.45, 7) is 1.91. The van der Waals surface area contributed by atoms with Crippen molar-refractivity contribution in [3.8, 4) is 0 Å². The molecule has 0 saturated carbocycles. The maximum absolute atomic E-state index is 12.8. The van der Waals surface area contributed by atoms with Crippen LogP contribution in [0.15, 0.2) is 24.3 Å². The summed E-state index contributed by atoms with van der Waals surface area (Å²) in [5.74, 6) is -0.885. The molecule has 18 heavy (non-hydrogen) atoms. The van der Waals surface area contributed by atoms with Crippen LogP contribution < -0.4 is 0 Å². The van der Waals surface area contributed by atoms with E-state index in [9.17, 15) is 18.0 Å². The average molecular weight is 279 g/mol. The first-order chi connectivity index (χ1) is 8.38. The molecule has 0 saturated heterocycles. The third-order valence-electron chi connectivity index (χ3n) is 2.76. The van der Waals surface area contributed by atoms with E-state index in [0.29, 0.717) is 12.8 Å². The first-order valence-electron chi connectivity index (χ1n) is 5.73. The molecule has 0 radical (unpaired) electrons. The molecule has 1 aromatic rings. The predicted molar refractivity (Wildman–Crippen MR) is 64.6 cm³/mol. The maximum Gasteiger partial charge on any atom is 0.416 e. The van der Waals surface area contributed by atoms with Gasteiger partial charge in [0, 0.05) is 0 Å². The van der Waals surface area contributed by atoms with Gasteiger partial charge in [0.05, 0.1) is 11.5 Å². The lowest BCUT2D eigenvalue weighted by molar-refractivity contribution is -0.138. The zero-order chi connectivity index (χ0) is 13.8. The van der Waals surface area contributed by atoms with E-state index in [2.05, 4.69) is 0 Å². The fraction of sp³-hybridized carbons (Fsp3) is 0.462. The topological polar surface area (TPSA) is 17.1 Å². The van der Waals surface area contributed by atoms with Crippen LogP contribution >= 0.6 is 11.6 Å². The number of rotatable bonds is 5. The van der Waals surface area contributed by atoms with Crippen molar-refractivity contribution in [1.29, 1.82) is 0 Å². The van der Waals surface area contributed by atoms with Gasteiger partial charge in [0.2, 0.25) is 5.24 Å². The Kier molecular flexibility index (Phi) is 5.20. The van der Waals surface area contributed by atoms with Crippen molar-refractivity contribution < 1.29 is 18.0 Å². The highest BCUT2D eigenvalue weighted by atomic mass is 35.5. The van der Waals surface area contributed by atoms with E-state index in [1.54, 1.807) is 0 Å². The molecule has 0 fully saturated rings. The number of carbonyl (C=O) groups excluding carboxylic acids is 1. The van der Waals surface area contributed by atoms with E-state index in [-0.39, 0.29) is 5.56 Å². The molecular formula is C13H14ClF3O. The Morgan fingerprint density at radius 1 is 1.33 bits per heavy atom. The van der Waals surface area contributed by atoms with Crippen LogP contribution in [-0.2, 0) is 11.0 Å². The predicted octanol–water partition coefficient (Wildman–Crippen LogP) is 4.74. The SMILES string of the molecule is CCCCC(C(=O)Cl)c1ccccc1C(F)(F)F. The summed E-state index contributed by atoms with van der Waals surface area (Å²) in [5, 5.41) is -0.736. The van der Waals surface area contributed by atoms with Gasteiger partial charge < -0.3 is 0 Å². The van der Waals surface area contributed by atoms with Gasteiger partial charge in [-0.15, -0.1) is 0 Å². The van der Waals surface area contributed by atoms with Crippen molar-refractivity contribution in [2.75, 3.05) is 0 Å². The zero-order valence-corrected chi connectivity index (χ0v) is 10.7. The second kappa shape index (κ2) is 6.23. The molecule has 0 amide bonds. The molecule has 0 aliphatic rings. The standard InChI is InChI=1S/C13H14ClF3O/c1-2-3-6-10(12(14)18)9-7-4-5-8-11(9)13(15,16)17/h4-5,7-8,10H,2-3,6H2,1H3. The summed E-state index contributed by atoms with van der Waals surface area (Å²) in [6.07, 6.45) is -2.66.